The topological polar surface area (TPSA) is 72.3 Å². The smallest absolute Gasteiger partial charge is 0.279 e. The van der Waals surface area contributed by atoms with Crippen molar-refractivity contribution < 1.29 is 24.0 Å². The van der Waals surface area contributed by atoms with Crippen LogP contribution in [0.5, 0.6) is 11.5 Å². The number of amides is 2. The first-order valence-electron chi connectivity index (χ1n) is 10.8. The second-order valence-corrected chi connectivity index (χ2v) is 7.79. The molecule has 0 spiro atoms. The summed E-state index contributed by atoms with van der Waals surface area (Å²) in [7, 11) is 0. The number of anilines is 1. The predicted molar refractivity (Wildman–Crippen MR) is 120 cm³/mol. The number of piperazine rings is 1. The van der Waals surface area contributed by atoms with Crippen LogP contribution in [0.1, 0.15) is 18.1 Å². The number of nitrogens with zero attached hydrogens (tertiary/aromatic N) is 1. The van der Waals surface area contributed by atoms with Gasteiger partial charge in [-0.25, -0.2) is 0 Å². The second-order valence-electron chi connectivity index (χ2n) is 7.79. The molecule has 2 N–H and O–H groups in total. The molecule has 2 aromatic rings. The van der Waals surface area contributed by atoms with Crippen LogP contribution in [0.15, 0.2) is 42.5 Å². The van der Waals surface area contributed by atoms with Crippen LogP contribution < -0.4 is 19.7 Å². The van der Waals surface area contributed by atoms with E-state index in [9.17, 15) is 9.59 Å². The average molecular weight is 427 g/mol. The van der Waals surface area contributed by atoms with Crippen molar-refractivity contribution in [2.45, 2.75) is 20.8 Å². The summed E-state index contributed by atoms with van der Waals surface area (Å²) >= 11 is 0. The Balaban J connectivity index is 1.44. The van der Waals surface area contributed by atoms with Crippen molar-refractivity contribution in [3.05, 3.63) is 53.6 Å². The van der Waals surface area contributed by atoms with Crippen molar-refractivity contribution in [3.63, 3.8) is 0 Å². The molecule has 1 aliphatic rings. The Kier molecular flexibility index (Phi) is 7.89. The Hall–Kier alpha value is -3.06. The van der Waals surface area contributed by atoms with Crippen LogP contribution >= 0.6 is 0 Å². The van der Waals surface area contributed by atoms with Gasteiger partial charge in [0.1, 0.15) is 0 Å². The highest BCUT2D eigenvalue weighted by atomic mass is 16.5. The van der Waals surface area contributed by atoms with Gasteiger partial charge in [-0.3, -0.25) is 9.59 Å². The van der Waals surface area contributed by atoms with Gasteiger partial charge in [-0.1, -0.05) is 30.3 Å². The SMILES string of the molecule is CCOc1ccccc1OCC(=O)N1CC[NH+](CC(=O)Nc2c(C)cccc2C)CC1. The third kappa shape index (κ3) is 6.21. The van der Waals surface area contributed by atoms with Crippen molar-refractivity contribution in [2.75, 3.05) is 51.3 Å². The number of aryl methyl sites for hydroxylation is 2. The molecular formula is C24H32N3O4+. The lowest BCUT2D eigenvalue weighted by Gasteiger charge is -2.32. The zero-order valence-corrected chi connectivity index (χ0v) is 18.6. The van der Waals surface area contributed by atoms with E-state index in [2.05, 4.69) is 5.32 Å². The minimum absolute atomic E-state index is 0.00282. The van der Waals surface area contributed by atoms with E-state index in [1.54, 1.807) is 11.0 Å². The van der Waals surface area contributed by atoms with E-state index in [1.807, 2.05) is 57.2 Å². The normalized spacial score (nSPS) is 14.2. The molecule has 7 nitrogen and oxygen atoms in total. The van der Waals surface area contributed by atoms with Crippen molar-refractivity contribution >= 4 is 17.5 Å². The largest absolute Gasteiger partial charge is 0.490 e. The van der Waals surface area contributed by atoms with Crippen LogP contribution in [0.2, 0.25) is 0 Å². The Bertz CT molecular complexity index is 887. The fourth-order valence-corrected chi connectivity index (χ4v) is 3.75. The first kappa shape index (κ1) is 22.6. The van der Waals surface area contributed by atoms with Gasteiger partial charge in [0.05, 0.1) is 32.8 Å². The third-order valence-electron chi connectivity index (χ3n) is 5.48. The molecule has 0 aromatic heterocycles. The maximum absolute atomic E-state index is 12.6. The molecule has 31 heavy (non-hydrogen) atoms. The van der Waals surface area contributed by atoms with Crippen LogP contribution in [0.4, 0.5) is 5.69 Å². The van der Waals surface area contributed by atoms with E-state index in [0.29, 0.717) is 37.7 Å². The summed E-state index contributed by atoms with van der Waals surface area (Å²) in [6.07, 6.45) is 0. The molecule has 0 saturated carbocycles. The number of para-hydroxylation sites is 3. The first-order valence-corrected chi connectivity index (χ1v) is 10.8. The molecule has 2 amide bonds. The van der Waals surface area contributed by atoms with Crippen LogP contribution in [-0.4, -0.2) is 62.7 Å². The number of quaternary nitrogens is 1. The lowest BCUT2D eigenvalue weighted by Crippen LogP contribution is -3.15. The molecule has 0 unspecified atom stereocenters. The maximum atomic E-state index is 12.6. The van der Waals surface area contributed by atoms with E-state index >= 15 is 0 Å². The maximum Gasteiger partial charge on any atom is 0.279 e. The van der Waals surface area contributed by atoms with Gasteiger partial charge in [0, 0.05) is 5.69 Å². The summed E-state index contributed by atoms with van der Waals surface area (Å²) < 4.78 is 11.2. The van der Waals surface area contributed by atoms with Crippen molar-refractivity contribution in [1.82, 2.24) is 4.90 Å². The molecule has 166 valence electrons. The molecule has 1 aliphatic heterocycles. The van der Waals surface area contributed by atoms with Gasteiger partial charge in [-0.2, -0.15) is 0 Å². The summed E-state index contributed by atoms with van der Waals surface area (Å²) in [6.45, 7) is 9.51. The molecule has 0 bridgehead atoms. The minimum Gasteiger partial charge on any atom is -0.490 e. The van der Waals surface area contributed by atoms with Gasteiger partial charge < -0.3 is 24.6 Å². The summed E-state index contributed by atoms with van der Waals surface area (Å²) in [5, 5.41) is 3.04. The van der Waals surface area contributed by atoms with Gasteiger partial charge in [0.15, 0.2) is 24.7 Å². The van der Waals surface area contributed by atoms with Gasteiger partial charge >= 0.3 is 0 Å². The van der Waals surface area contributed by atoms with Crippen molar-refractivity contribution in [3.8, 4) is 11.5 Å². The van der Waals surface area contributed by atoms with Crippen LogP contribution in [-0.2, 0) is 9.59 Å². The number of hydrogen-bond acceptors (Lipinski definition) is 4. The molecule has 7 heteroatoms. The Morgan fingerprint density at radius 2 is 1.58 bits per heavy atom. The van der Waals surface area contributed by atoms with E-state index in [-0.39, 0.29) is 18.4 Å². The lowest BCUT2D eigenvalue weighted by atomic mass is 10.1. The standard InChI is InChI=1S/C24H31N3O4/c1-4-30-20-10-5-6-11-21(20)31-17-23(29)27-14-12-26(13-15-27)16-22(28)25-24-18(2)8-7-9-19(24)3/h5-11H,4,12-17H2,1-3H3,(H,25,28)/p+1. The quantitative estimate of drug-likeness (QED) is 0.670. The number of benzene rings is 2. The van der Waals surface area contributed by atoms with E-state index in [1.165, 1.54) is 4.90 Å². The Morgan fingerprint density at radius 1 is 0.968 bits per heavy atom. The van der Waals surface area contributed by atoms with Crippen molar-refractivity contribution in [1.29, 1.82) is 0 Å². The Labute approximate surface area is 183 Å². The molecule has 1 heterocycles. The number of hydrogen-bond donors (Lipinski definition) is 2. The summed E-state index contributed by atoms with van der Waals surface area (Å²) in [4.78, 5) is 28.0. The predicted octanol–water partition coefficient (Wildman–Crippen LogP) is 1.45. The van der Waals surface area contributed by atoms with Crippen LogP contribution in [0, 0.1) is 13.8 Å². The molecular weight excluding hydrogens is 394 g/mol. The molecule has 0 radical (unpaired) electrons. The zero-order valence-electron chi connectivity index (χ0n) is 18.6. The first-order chi connectivity index (χ1) is 15.0. The van der Waals surface area contributed by atoms with Crippen LogP contribution in [0.25, 0.3) is 0 Å². The number of nitrogens with one attached hydrogen (secondary N) is 2. The molecule has 3 rings (SSSR count). The van der Waals surface area contributed by atoms with Crippen molar-refractivity contribution in [2.24, 2.45) is 0 Å². The molecule has 2 aromatic carbocycles. The molecule has 1 saturated heterocycles. The van der Waals surface area contributed by atoms with Gasteiger partial charge in [-0.05, 0) is 44.0 Å². The summed E-state index contributed by atoms with van der Waals surface area (Å²) in [5.41, 5.74) is 3.01. The fraction of sp³-hybridized carbons (Fsp3) is 0.417. The highest BCUT2D eigenvalue weighted by Gasteiger charge is 2.26. The highest BCUT2D eigenvalue weighted by molar-refractivity contribution is 5.93. The fourth-order valence-electron chi connectivity index (χ4n) is 3.75. The van der Waals surface area contributed by atoms with E-state index < -0.39 is 0 Å². The number of ether oxygens (including phenoxy) is 2. The number of carbonyl (C=O) groups is 2. The Morgan fingerprint density at radius 3 is 2.19 bits per heavy atom. The van der Waals surface area contributed by atoms with Gasteiger partial charge in [0.2, 0.25) is 0 Å². The summed E-state index contributed by atoms with van der Waals surface area (Å²) in [5.74, 6) is 1.17. The molecule has 0 aliphatic carbocycles. The number of rotatable bonds is 8. The summed E-state index contributed by atoms with van der Waals surface area (Å²) in [6, 6.07) is 13.3. The van der Waals surface area contributed by atoms with E-state index in [0.717, 1.165) is 29.9 Å². The average Bonchev–Trinajstić information content (AvgIpc) is 2.76. The monoisotopic (exact) mass is 426 g/mol. The lowest BCUT2D eigenvalue weighted by molar-refractivity contribution is -0.895. The van der Waals surface area contributed by atoms with Gasteiger partial charge in [-0.15, -0.1) is 0 Å². The minimum atomic E-state index is -0.0506. The zero-order chi connectivity index (χ0) is 22.2. The highest BCUT2D eigenvalue weighted by Crippen LogP contribution is 2.26. The van der Waals surface area contributed by atoms with Crippen LogP contribution in [0.3, 0.4) is 0 Å². The van der Waals surface area contributed by atoms with Gasteiger partial charge in [0.25, 0.3) is 11.8 Å². The van der Waals surface area contributed by atoms with E-state index in [4.69, 9.17) is 9.47 Å². The second kappa shape index (κ2) is 10.8. The molecule has 1 fully saturated rings. The molecule has 0 atom stereocenters. The number of carbonyl (C=O) groups excluding carboxylic acids is 2. The third-order valence-corrected chi connectivity index (χ3v) is 5.48.